The molecular formula is C11H21N3. The minimum atomic E-state index is 0.883. The Kier molecular flexibility index (Phi) is 6.58. The highest BCUT2D eigenvalue weighted by Crippen LogP contribution is 2.00. The predicted molar refractivity (Wildman–Crippen MR) is 63.0 cm³/mol. The van der Waals surface area contributed by atoms with Crippen molar-refractivity contribution < 1.29 is 0 Å². The van der Waals surface area contributed by atoms with Gasteiger partial charge in [-0.25, -0.2) is 0 Å². The summed E-state index contributed by atoms with van der Waals surface area (Å²) in [6, 6.07) is 0. The van der Waals surface area contributed by atoms with Crippen LogP contribution in [-0.2, 0) is 0 Å². The fourth-order valence-electron chi connectivity index (χ4n) is 0.830. The quantitative estimate of drug-likeness (QED) is 0.592. The van der Waals surface area contributed by atoms with E-state index in [9.17, 15) is 0 Å². The molecule has 3 heteroatoms. The van der Waals surface area contributed by atoms with Crippen LogP contribution in [-0.4, -0.2) is 39.1 Å². The second-order valence-corrected chi connectivity index (χ2v) is 3.13. The minimum absolute atomic E-state index is 0.883. The van der Waals surface area contributed by atoms with E-state index in [1.807, 2.05) is 33.3 Å². The van der Waals surface area contributed by atoms with Gasteiger partial charge in [0.05, 0.1) is 0 Å². The zero-order valence-corrected chi connectivity index (χ0v) is 9.43. The van der Waals surface area contributed by atoms with Crippen molar-refractivity contribution in [2.45, 2.75) is 0 Å². The number of hydrogen-bond donors (Lipinski definition) is 2. The fraction of sp³-hybridized carbons (Fsp3) is 0.455. The van der Waals surface area contributed by atoms with Crippen molar-refractivity contribution in [3.05, 3.63) is 36.7 Å². The lowest BCUT2D eigenvalue weighted by molar-refractivity contribution is 0.429. The largest absolute Gasteiger partial charge is 0.389 e. The molecular weight excluding hydrogens is 174 g/mol. The number of likely N-dealkylation sites (N-methyl/N-ethyl adjacent to an activating group) is 3. The molecule has 0 saturated carbocycles. The number of rotatable bonds is 7. The number of nitrogens with one attached hydrogen (secondary N) is 2. The molecule has 0 atom stereocenters. The van der Waals surface area contributed by atoms with Gasteiger partial charge < -0.3 is 15.5 Å². The van der Waals surface area contributed by atoms with E-state index in [1.165, 1.54) is 0 Å². The number of hydrogen-bond acceptors (Lipinski definition) is 3. The first-order valence-corrected chi connectivity index (χ1v) is 4.71. The van der Waals surface area contributed by atoms with E-state index in [1.54, 1.807) is 0 Å². The normalized spacial score (nSPS) is 10.2. The predicted octanol–water partition coefficient (Wildman–Crippen LogP) is 0.941. The van der Waals surface area contributed by atoms with E-state index >= 15 is 0 Å². The highest BCUT2D eigenvalue weighted by molar-refractivity contribution is 5.22. The van der Waals surface area contributed by atoms with Crippen LogP contribution in [0.2, 0.25) is 0 Å². The summed E-state index contributed by atoms with van der Waals surface area (Å²) in [6.07, 6.45) is 3.87. The van der Waals surface area contributed by atoms with Crippen LogP contribution >= 0.6 is 0 Å². The molecule has 14 heavy (non-hydrogen) atoms. The fourth-order valence-corrected chi connectivity index (χ4v) is 0.830. The van der Waals surface area contributed by atoms with E-state index in [-0.39, 0.29) is 0 Å². The molecule has 0 aliphatic carbocycles. The van der Waals surface area contributed by atoms with Gasteiger partial charge in [0.1, 0.15) is 0 Å². The molecule has 0 saturated heterocycles. The maximum atomic E-state index is 3.96. The highest BCUT2D eigenvalue weighted by Gasteiger charge is 1.96. The van der Waals surface area contributed by atoms with Crippen molar-refractivity contribution in [2.75, 3.05) is 34.2 Å². The lowest BCUT2D eigenvalue weighted by Gasteiger charge is -2.18. The lowest BCUT2D eigenvalue weighted by atomic mass is 10.3. The average Bonchev–Trinajstić information content (AvgIpc) is 2.21. The first kappa shape index (κ1) is 12.8. The molecule has 0 aliphatic rings. The van der Waals surface area contributed by atoms with E-state index in [0.29, 0.717) is 0 Å². The van der Waals surface area contributed by atoms with Crippen molar-refractivity contribution in [3.63, 3.8) is 0 Å². The highest BCUT2D eigenvalue weighted by atomic mass is 15.1. The second kappa shape index (κ2) is 7.21. The van der Waals surface area contributed by atoms with E-state index < -0.39 is 0 Å². The van der Waals surface area contributed by atoms with Gasteiger partial charge in [-0.3, -0.25) is 0 Å². The Morgan fingerprint density at radius 2 is 1.93 bits per heavy atom. The zero-order valence-electron chi connectivity index (χ0n) is 9.43. The third-order valence-corrected chi connectivity index (χ3v) is 1.99. The zero-order chi connectivity index (χ0) is 11.0. The van der Waals surface area contributed by atoms with Gasteiger partial charge in [-0.1, -0.05) is 13.2 Å². The summed E-state index contributed by atoms with van der Waals surface area (Å²) in [4.78, 5) is 2.09. The number of nitrogens with zero attached hydrogens (tertiary/aromatic N) is 1. The van der Waals surface area contributed by atoms with E-state index in [0.717, 1.165) is 24.5 Å². The molecule has 0 aromatic carbocycles. The van der Waals surface area contributed by atoms with Crippen LogP contribution in [0.1, 0.15) is 0 Å². The minimum Gasteiger partial charge on any atom is -0.389 e. The van der Waals surface area contributed by atoms with Crippen LogP contribution < -0.4 is 10.6 Å². The number of allylic oxidation sites excluding steroid dienone is 2. The van der Waals surface area contributed by atoms with Crippen molar-refractivity contribution in [1.29, 1.82) is 0 Å². The van der Waals surface area contributed by atoms with Crippen LogP contribution in [0.4, 0.5) is 0 Å². The summed E-state index contributed by atoms with van der Waals surface area (Å²) in [5, 5.41) is 6.04. The van der Waals surface area contributed by atoms with Gasteiger partial charge in [-0.2, -0.15) is 0 Å². The summed E-state index contributed by atoms with van der Waals surface area (Å²) in [6.45, 7) is 9.66. The first-order valence-electron chi connectivity index (χ1n) is 4.71. The smallest absolute Gasteiger partial charge is 0.0299 e. The summed E-state index contributed by atoms with van der Waals surface area (Å²) < 4.78 is 0. The molecule has 0 aliphatic heterocycles. The molecule has 0 bridgehead atoms. The molecule has 0 unspecified atom stereocenters. The SMILES string of the molecule is C=C(/C=C\C(=C)N(C)CCNC)NC. The van der Waals surface area contributed by atoms with Gasteiger partial charge in [0, 0.05) is 38.6 Å². The molecule has 0 rings (SSSR count). The first-order chi connectivity index (χ1) is 6.61. The Bertz CT molecular complexity index is 219. The molecule has 2 N–H and O–H groups in total. The molecule has 0 heterocycles. The van der Waals surface area contributed by atoms with Gasteiger partial charge in [-0.05, 0) is 19.2 Å². The molecule has 0 aromatic heterocycles. The Morgan fingerprint density at radius 3 is 2.43 bits per heavy atom. The van der Waals surface area contributed by atoms with Crippen molar-refractivity contribution in [2.24, 2.45) is 0 Å². The Balaban J connectivity index is 3.94. The molecule has 0 fully saturated rings. The molecule has 0 amide bonds. The van der Waals surface area contributed by atoms with Crippen LogP contribution in [0.15, 0.2) is 36.7 Å². The Labute approximate surface area is 87.2 Å². The molecule has 80 valence electrons. The van der Waals surface area contributed by atoms with Crippen molar-refractivity contribution in [3.8, 4) is 0 Å². The van der Waals surface area contributed by atoms with Crippen molar-refractivity contribution in [1.82, 2.24) is 15.5 Å². The van der Waals surface area contributed by atoms with Crippen molar-refractivity contribution >= 4 is 0 Å². The van der Waals surface area contributed by atoms with Gasteiger partial charge in [0.2, 0.25) is 0 Å². The Morgan fingerprint density at radius 1 is 1.29 bits per heavy atom. The van der Waals surface area contributed by atoms with Crippen LogP contribution in [0, 0.1) is 0 Å². The van der Waals surface area contributed by atoms with Crippen LogP contribution in [0.25, 0.3) is 0 Å². The molecule has 0 spiro atoms. The summed E-state index contributed by atoms with van der Waals surface area (Å²) in [7, 11) is 5.81. The lowest BCUT2D eigenvalue weighted by Crippen LogP contribution is -2.25. The maximum absolute atomic E-state index is 3.96. The van der Waals surface area contributed by atoms with Crippen LogP contribution in [0.3, 0.4) is 0 Å². The molecule has 0 aromatic rings. The standard InChI is InChI=1S/C11H21N3/c1-10(13-4)6-7-11(2)14(5)9-8-12-3/h6-7,12-13H,1-2,8-9H2,3-5H3/b7-6-. The van der Waals surface area contributed by atoms with Gasteiger partial charge in [0.25, 0.3) is 0 Å². The summed E-state index contributed by atoms with van der Waals surface area (Å²) in [5.74, 6) is 0. The summed E-state index contributed by atoms with van der Waals surface area (Å²) in [5.41, 5.74) is 1.87. The molecule has 3 nitrogen and oxygen atoms in total. The Hall–Kier alpha value is -1.22. The van der Waals surface area contributed by atoms with E-state index in [4.69, 9.17) is 0 Å². The average molecular weight is 195 g/mol. The monoisotopic (exact) mass is 195 g/mol. The van der Waals surface area contributed by atoms with Gasteiger partial charge in [-0.15, -0.1) is 0 Å². The third kappa shape index (κ3) is 5.43. The van der Waals surface area contributed by atoms with Crippen LogP contribution in [0.5, 0.6) is 0 Å². The maximum Gasteiger partial charge on any atom is 0.0299 e. The van der Waals surface area contributed by atoms with Gasteiger partial charge in [0.15, 0.2) is 0 Å². The molecule has 0 radical (unpaired) electrons. The van der Waals surface area contributed by atoms with Gasteiger partial charge >= 0.3 is 0 Å². The summed E-state index contributed by atoms with van der Waals surface area (Å²) >= 11 is 0. The topological polar surface area (TPSA) is 27.3 Å². The van der Waals surface area contributed by atoms with E-state index in [2.05, 4.69) is 28.7 Å². The second-order valence-electron chi connectivity index (χ2n) is 3.13. The third-order valence-electron chi connectivity index (χ3n) is 1.99.